The van der Waals surface area contributed by atoms with E-state index >= 15 is 0 Å². The zero-order valence-electron chi connectivity index (χ0n) is 13.7. The molecular formula is C16H23ClN2O4S. The first-order valence-corrected chi connectivity index (χ1v) is 10.6. The Morgan fingerprint density at radius 2 is 2.29 bits per heavy atom. The molecule has 4 rings (SSSR count). The van der Waals surface area contributed by atoms with E-state index in [4.69, 9.17) is 20.8 Å². The number of hydrogen-bond acceptors (Lipinski definition) is 5. The Labute approximate surface area is 147 Å². The van der Waals surface area contributed by atoms with Gasteiger partial charge in [-0.25, -0.2) is 13.1 Å². The van der Waals surface area contributed by atoms with Crippen LogP contribution in [0.5, 0.6) is 0 Å². The number of hydrogen-bond donors (Lipinski definition) is 1. The predicted molar refractivity (Wildman–Crippen MR) is 90.3 cm³/mol. The molecule has 4 atom stereocenters. The molecule has 6 nitrogen and oxygen atoms in total. The van der Waals surface area contributed by atoms with Crippen LogP contribution in [0.4, 0.5) is 0 Å². The third-order valence-corrected chi connectivity index (χ3v) is 7.35. The number of furan rings is 1. The van der Waals surface area contributed by atoms with Gasteiger partial charge in [0.15, 0.2) is 5.22 Å². The monoisotopic (exact) mass is 374 g/mol. The van der Waals surface area contributed by atoms with Crippen LogP contribution in [0.15, 0.2) is 16.5 Å². The van der Waals surface area contributed by atoms with Crippen molar-refractivity contribution in [2.45, 2.75) is 38.0 Å². The molecule has 0 aromatic carbocycles. The summed E-state index contributed by atoms with van der Waals surface area (Å²) in [6.45, 7) is 4.64. The molecule has 0 unspecified atom stereocenters. The van der Waals surface area contributed by atoms with Crippen molar-refractivity contribution >= 4 is 21.6 Å². The smallest absolute Gasteiger partial charge is 0.211 e. The van der Waals surface area contributed by atoms with E-state index < -0.39 is 10.0 Å². The summed E-state index contributed by atoms with van der Waals surface area (Å²) in [4.78, 5) is 2.34. The van der Waals surface area contributed by atoms with Gasteiger partial charge >= 0.3 is 0 Å². The van der Waals surface area contributed by atoms with E-state index in [-0.39, 0.29) is 23.4 Å². The van der Waals surface area contributed by atoms with Gasteiger partial charge in [-0.15, -0.1) is 0 Å². The third kappa shape index (κ3) is 2.90. The molecule has 8 heteroatoms. The average molecular weight is 375 g/mol. The predicted octanol–water partition coefficient (Wildman–Crippen LogP) is 1.85. The first-order chi connectivity index (χ1) is 11.4. The summed E-state index contributed by atoms with van der Waals surface area (Å²) < 4.78 is 38.1. The molecule has 0 radical (unpaired) electrons. The van der Waals surface area contributed by atoms with Crippen LogP contribution in [0.1, 0.15) is 25.5 Å². The highest BCUT2D eigenvalue weighted by Gasteiger charge is 2.62. The van der Waals surface area contributed by atoms with Crippen molar-refractivity contribution in [2.24, 2.45) is 11.8 Å². The van der Waals surface area contributed by atoms with Gasteiger partial charge in [-0.1, -0.05) is 0 Å². The first-order valence-electron chi connectivity index (χ1n) is 8.52. The minimum Gasteiger partial charge on any atom is -0.448 e. The van der Waals surface area contributed by atoms with Crippen LogP contribution in [0.25, 0.3) is 0 Å². The highest BCUT2D eigenvalue weighted by atomic mass is 35.5. The number of sulfonamides is 1. The summed E-state index contributed by atoms with van der Waals surface area (Å²) in [5, 5.41) is 0.409. The summed E-state index contributed by atoms with van der Waals surface area (Å²) in [5.74, 6) is 1.60. The van der Waals surface area contributed by atoms with Crippen LogP contribution >= 0.6 is 11.6 Å². The molecule has 1 N–H and O–H groups in total. The minimum absolute atomic E-state index is 0.108. The van der Waals surface area contributed by atoms with Crippen LogP contribution in [0.3, 0.4) is 0 Å². The molecule has 1 spiro atoms. The van der Waals surface area contributed by atoms with Gasteiger partial charge < -0.3 is 9.15 Å². The first kappa shape index (κ1) is 16.8. The van der Waals surface area contributed by atoms with E-state index in [9.17, 15) is 8.42 Å². The fraction of sp³-hybridized carbons (Fsp3) is 0.750. The Hall–Kier alpha value is -0.600. The van der Waals surface area contributed by atoms with Gasteiger partial charge in [0, 0.05) is 31.5 Å². The maximum atomic E-state index is 11.8. The van der Waals surface area contributed by atoms with E-state index in [1.54, 1.807) is 13.0 Å². The van der Waals surface area contributed by atoms with E-state index in [1.165, 1.54) is 0 Å². The molecule has 3 saturated heterocycles. The zero-order chi connectivity index (χ0) is 16.9. The topological polar surface area (TPSA) is 71.8 Å². The number of rotatable bonds is 6. The molecular weight excluding hydrogens is 352 g/mol. The Kier molecular flexibility index (Phi) is 4.20. The van der Waals surface area contributed by atoms with Crippen molar-refractivity contribution in [2.75, 3.05) is 25.4 Å². The maximum absolute atomic E-state index is 11.8. The highest BCUT2D eigenvalue weighted by molar-refractivity contribution is 7.89. The molecule has 1 aromatic heterocycles. The van der Waals surface area contributed by atoms with Crippen LogP contribution in [0.2, 0.25) is 5.22 Å². The lowest BCUT2D eigenvalue weighted by atomic mass is 9.74. The fourth-order valence-corrected chi connectivity index (χ4v) is 5.48. The summed E-state index contributed by atoms with van der Waals surface area (Å²) in [5.41, 5.74) is -0.108. The molecule has 0 amide bonds. The van der Waals surface area contributed by atoms with Gasteiger partial charge in [0.2, 0.25) is 10.0 Å². The van der Waals surface area contributed by atoms with Gasteiger partial charge in [0.05, 0.1) is 24.0 Å². The molecule has 4 heterocycles. The number of halogens is 1. The largest absolute Gasteiger partial charge is 0.448 e. The minimum atomic E-state index is -3.16. The lowest BCUT2D eigenvalue weighted by molar-refractivity contribution is 0.00175. The van der Waals surface area contributed by atoms with Gasteiger partial charge in [-0.2, -0.15) is 0 Å². The normalized spacial score (nSPS) is 35.7. The SMILES string of the molecule is CCS(=O)(=O)NC[C@H]1[C@H]2CN(Cc3ccc(Cl)o3)C[C@]23CC[C@H]1O3. The van der Waals surface area contributed by atoms with E-state index in [0.29, 0.717) is 24.2 Å². The quantitative estimate of drug-likeness (QED) is 0.822. The van der Waals surface area contributed by atoms with Crippen molar-refractivity contribution < 1.29 is 17.6 Å². The van der Waals surface area contributed by atoms with Crippen LogP contribution < -0.4 is 4.72 Å². The van der Waals surface area contributed by atoms with Gasteiger partial charge in [0.25, 0.3) is 0 Å². The van der Waals surface area contributed by atoms with E-state index in [0.717, 1.165) is 31.7 Å². The second kappa shape index (κ2) is 5.99. The van der Waals surface area contributed by atoms with E-state index in [2.05, 4.69) is 9.62 Å². The zero-order valence-corrected chi connectivity index (χ0v) is 15.3. The molecule has 2 bridgehead atoms. The summed E-state index contributed by atoms with van der Waals surface area (Å²) in [6, 6.07) is 3.66. The fourth-order valence-electron chi connectivity index (χ4n) is 4.66. The Morgan fingerprint density at radius 3 is 3.00 bits per heavy atom. The van der Waals surface area contributed by atoms with Gasteiger partial charge in [-0.05, 0) is 43.5 Å². The molecule has 3 aliphatic heterocycles. The van der Waals surface area contributed by atoms with Gasteiger partial charge in [0.1, 0.15) is 5.76 Å². The molecule has 0 saturated carbocycles. The van der Waals surface area contributed by atoms with Crippen molar-refractivity contribution in [3.8, 4) is 0 Å². The highest BCUT2D eigenvalue weighted by Crippen LogP contribution is 2.54. The molecule has 0 aliphatic carbocycles. The van der Waals surface area contributed by atoms with Crippen molar-refractivity contribution in [3.05, 3.63) is 23.1 Å². The number of nitrogens with one attached hydrogen (secondary N) is 1. The van der Waals surface area contributed by atoms with Gasteiger partial charge in [-0.3, -0.25) is 4.90 Å². The number of likely N-dealkylation sites (tertiary alicyclic amines) is 1. The molecule has 1 aromatic rings. The molecule has 3 aliphatic rings. The Bertz CT molecular complexity index is 721. The maximum Gasteiger partial charge on any atom is 0.211 e. The molecule has 24 heavy (non-hydrogen) atoms. The number of fused-ring (bicyclic) bond motifs is 1. The molecule has 3 fully saturated rings. The lowest BCUT2D eigenvalue weighted by Gasteiger charge is -2.29. The van der Waals surface area contributed by atoms with Crippen LogP contribution in [-0.2, 0) is 21.3 Å². The van der Waals surface area contributed by atoms with Crippen LogP contribution in [-0.4, -0.2) is 50.4 Å². The summed E-state index contributed by atoms with van der Waals surface area (Å²) in [6.07, 6.45) is 2.28. The lowest BCUT2D eigenvalue weighted by Crippen LogP contribution is -2.42. The second-order valence-electron chi connectivity index (χ2n) is 7.16. The second-order valence-corrected chi connectivity index (χ2v) is 9.63. The van der Waals surface area contributed by atoms with E-state index in [1.807, 2.05) is 6.07 Å². The number of ether oxygens (including phenoxy) is 1. The standard InChI is InChI=1S/C16H23ClN2O4S/c1-2-24(20,21)18-7-12-13-9-19(8-11-3-4-15(17)22-11)10-16(13)6-5-14(12)23-16/h3-4,12-14,18H,2,5-10H2,1H3/t12-,13+,14+,16+/m0/s1. The number of nitrogens with zero attached hydrogens (tertiary/aromatic N) is 1. The third-order valence-electron chi connectivity index (χ3n) is 5.78. The van der Waals surface area contributed by atoms with Crippen molar-refractivity contribution in [1.29, 1.82) is 0 Å². The van der Waals surface area contributed by atoms with Crippen molar-refractivity contribution in [3.63, 3.8) is 0 Å². The summed E-state index contributed by atoms with van der Waals surface area (Å²) in [7, 11) is -3.16. The van der Waals surface area contributed by atoms with Crippen molar-refractivity contribution in [1.82, 2.24) is 9.62 Å². The van der Waals surface area contributed by atoms with Crippen LogP contribution in [0, 0.1) is 11.8 Å². The Balaban J connectivity index is 1.44. The average Bonchev–Trinajstić information content (AvgIpc) is 3.26. The molecule has 134 valence electrons. The summed E-state index contributed by atoms with van der Waals surface area (Å²) >= 11 is 5.85. The Morgan fingerprint density at radius 1 is 1.46 bits per heavy atom.